The Morgan fingerprint density at radius 1 is 1.20 bits per heavy atom. The van der Waals surface area contributed by atoms with Gasteiger partial charge in [0.2, 0.25) is 0 Å². The van der Waals surface area contributed by atoms with Crippen molar-refractivity contribution in [2.75, 3.05) is 19.4 Å². The van der Waals surface area contributed by atoms with Crippen LogP contribution in [-0.2, 0) is 0 Å². The summed E-state index contributed by atoms with van der Waals surface area (Å²) in [6.45, 7) is 4.63. The maximum absolute atomic E-state index is 14.4. The van der Waals surface area contributed by atoms with Crippen LogP contribution in [0.2, 0.25) is 0 Å². The van der Waals surface area contributed by atoms with E-state index in [1.807, 2.05) is 18.2 Å². The van der Waals surface area contributed by atoms with Crippen LogP contribution in [0.15, 0.2) is 42.7 Å². The summed E-state index contributed by atoms with van der Waals surface area (Å²) in [5.41, 5.74) is 7.53. The number of benzene rings is 1. The fourth-order valence-corrected chi connectivity index (χ4v) is 3.00. The van der Waals surface area contributed by atoms with Gasteiger partial charge in [-0.3, -0.25) is 9.59 Å². The standard InChI is InChI=1S/C22H26FN5O2/c1-13(22(2,3)23)26-19-17(20(24)29)11-25-28-12-16(10-18(19)28)14-6-8-15(9-7-14)21(30)27(4)5/h6-13,26H,1-5H3,(H2,24,29)/t13-/m1/s1. The molecule has 1 aromatic carbocycles. The summed E-state index contributed by atoms with van der Waals surface area (Å²) in [5.74, 6) is -0.726. The van der Waals surface area contributed by atoms with E-state index < -0.39 is 17.6 Å². The monoisotopic (exact) mass is 411 g/mol. The Kier molecular flexibility index (Phi) is 5.52. The van der Waals surface area contributed by atoms with E-state index in [1.165, 1.54) is 24.9 Å². The third kappa shape index (κ3) is 4.12. The van der Waals surface area contributed by atoms with Gasteiger partial charge in [0.1, 0.15) is 5.67 Å². The average Bonchev–Trinajstić information content (AvgIpc) is 3.11. The van der Waals surface area contributed by atoms with Crippen LogP contribution in [0.3, 0.4) is 0 Å². The molecule has 3 rings (SSSR count). The van der Waals surface area contributed by atoms with E-state index in [0.29, 0.717) is 16.8 Å². The van der Waals surface area contributed by atoms with E-state index in [9.17, 15) is 14.0 Å². The molecule has 0 unspecified atom stereocenters. The Morgan fingerprint density at radius 2 is 1.83 bits per heavy atom. The van der Waals surface area contributed by atoms with Crippen molar-refractivity contribution in [3.8, 4) is 11.1 Å². The first-order valence-corrected chi connectivity index (χ1v) is 9.57. The molecule has 0 spiro atoms. The lowest BCUT2D eigenvalue weighted by Gasteiger charge is -2.26. The number of halogens is 1. The minimum absolute atomic E-state index is 0.0781. The van der Waals surface area contributed by atoms with Gasteiger partial charge in [0.05, 0.1) is 29.0 Å². The molecule has 3 aromatic rings. The molecular weight excluding hydrogens is 385 g/mol. The number of amides is 2. The van der Waals surface area contributed by atoms with Crippen LogP contribution in [0, 0.1) is 0 Å². The predicted octanol–water partition coefficient (Wildman–Crippen LogP) is 3.35. The van der Waals surface area contributed by atoms with Crippen molar-refractivity contribution in [2.24, 2.45) is 5.73 Å². The van der Waals surface area contributed by atoms with Gasteiger partial charge >= 0.3 is 0 Å². The SMILES string of the molecule is C[C@@H](Nc1c(C(N)=O)cnn2cc(-c3ccc(C(=O)N(C)C)cc3)cc12)C(C)(C)F. The molecule has 2 amide bonds. The van der Waals surface area contributed by atoms with Crippen molar-refractivity contribution in [1.29, 1.82) is 0 Å². The number of anilines is 1. The molecule has 0 fully saturated rings. The number of alkyl halides is 1. The van der Waals surface area contributed by atoms with Crippen LogP contribution < -0.4 is 11.1 Å². The second-order valence-corrected chi connectivity index (χ2v) is 8.06. The van der Waals surface area contributed by atoms with E-state index in [-0.39, 0.29) is 11.5 Å². The molecule has 0 aliphatic rings. The number of nitrogens with two attached hydrogens (primary N) is 1. The fourth-order valence-electron chi connectivity index (χ4n) is 3.00. The van der Waals surface area contributed by atoms with Crippen LogP contribution in [0.5, 0.6) is 0 Å². The number of nitrogens with zero attached hydrogens (tertiary/aromatic N) is 3. The summed E-state index contributed by atoms with van der Waals surface area (Å²) in [7, 11) is 3.40. The van der Waals surface area contributed by atoms with Crippen molar-refractivity contribution in [3.05, 3.63) is 53.9 Å². The lowest BCUT2D eigenvalue weighted by molar-refractivity contribution is 0.0827. The van der Waals surface area contributed by atoms with Gasteiger partial charge < -0.3 is 16.0 Å². The Bertz CT molecular complexity index is 1100. The zero-order chi connectivity index (χ0) is 22.2. The molecule has 0 saturated carbocycles. The number of aromatic nitrogens is 2. The first kappa shape index (κ1) is 21.3. The highest BCUT2D eigenvalue weighted by molar-refractivity contribution is 6.02. The highest BCUT2D eigenvalue weighted by Gasteiger charge is 2.27. The minimum Gasteiger partial charge on any atom is -0.377 e. The molecule has 3 N–H and O–H groups in total. The van der Waals surface area contributed by atoms with E-state index in [2.05, 4.69) is 10.4 Å². The molecule has 0 radical (unpaired) electrons. The van der Waals surface area contributed by atoms with Crippen molar-refractivity contribution in [1.82, 2.24) is 14.5 Å². The lowest BCUT2D eigenvalue weighted by atomic mass is 10.0. The van der Waals surface area contributed by atoms with Crippen molar-refractivity contribution in [2.45, 2.75) is 32.5 Å². The molecule has 1 atom stereocenters. The third-order valence-electron chi connectivity index (χ3n) is 5.16. The molecule has 0 saturated heterocycles. The quantitative estimate of drug-likeness (QED) is 0.651. The van der Waals surface area contributed by atoms with E-state index in [0.717, 1.165) is 11.1 Å². The van der Waals surface area contributed by atoms with Crippen molar-refractivity contribution < 1.29 is 14.0 Å². The molecular formula is C22H26FN5O2. The maximum atomic E-state index is 14.4. The van der Waals surface area contributed by atoms with Crippen LogP contribution in [0.4, 0.5) is 10.1 Å². The van der Waals surface area contributed by atoms with Crippen LogP contribution in [-0.4, -0.2) is 52.1 Å². The number of carbonyl (C=O) groups is 2. The Labute approximate surface area is 174 Å². The van der Waals surface area contributed by atoms with E-state index in [1.54, 1.807) is 43.9 Å². The molecule has 0 aliphatic heterocycles. The van der Waals surface area contributed by atoms with Gasteiger partial charge in [0.25, 0.3) is 11.8 Å². The smallest absolute Gasteiger partial charge is 0.253 e. The van der Waals surface area contributed by atoms with Gasteiger partial charge in [-0.1, -0.05) is 12.1 Å². The normalized spacial score (nSPS) is 12.6. The van der Waals surface area contributed by atoms with Crippen LogP contribution >= 0.6 is 0 Å². The van der Waals surface area contributed by atoms with Gasteiger partial charge in [-0.05, 0) is 44.5 Å². The average molecular weight is 411 g/mol. The Morgan fingerprint density at radius 3 is 2.37 bits per heavy atom. The van der Waals surface area contributed by atoms with Gasteiger partial charge in [0, 0.05) is 31.4 Å². The first-order chi connectivity index (χ1) is 14.0. The van der Waals surface area contributed by atoms with E-state index in [4.69, 9.17) is 5.73 Å². The van der Waals surface area contributed by atoms with Crippen LogP contribution in [0.1, 0.15) is 41.5 Å². The van der Waals surface area contributed by atoms with Gasteiger partial charge in [-0.25, -0.2) is 8.91 Å². The molecule has 8 heteroatoms. The predicted molar refractivity (Wildman–Crippen MR) is 115 cm³/mol. The maximum Gasteiger partial charge on any atom is 0.253 e. The number of hydrogen-bond donors (Lipinski definition) is 2. The highest BCUT2D eigenvalue weighted by Crippen LogP contribution is 2.30. The molecule has 158 valence electrons. The largest absolute Gasteiger partial charge is 0.377 e. The summed E-state index contributed by atoms with van der Waals surface area (Å²) in [6.07, 6.45) is 3.18. The molecule has 30 heavy (non-hydrogen) atoms. The number of fused-ring (bicyclic) bond motifs is 1. The fraction of sp³-hybridized carbons (Fsp3) is 0.318. The lowest BCUT2D eigenvalue weighted by Crippen LogP contribution is -2.36. The van der Waals surface area contributed by atoms with Gasteiger partial charge in [0.15, 0.2) is 0 Å². The molecule has 0 bridgehead atoms. The molecule has 2 heterocycles. The zero-order valence-corrected chi connectivity index (χ0v) is 17.7. The van der Waals surface area contributed by atoms with Crippen molar-refractivity contribution >= 4 is 23.0 Å². The van der Waals surface area contributed by atoms with E-state index >= 15 is 0 Å². The van der Waals surface area contributed by atoms with Crippen molar-refractivity contribution in [3.63, 3.8) is 0 Å². The van der Waals surface area contributed by atoms with Gasteiger partial charge in [-0.15, -0.1) is 0 Å². The molecule has 2 aromatic heterocycles. The number of hydrogen-bond acceptors (Lipinski definition) is 4. The summed E-state index contributed by atoms with van der Waals surface area (Å²) in [6, 6.07) is 8.49. The summed E-state index contributed by atoms with van der Waals surface area (Å²) < 4.78 is 16.0. The molecule has 0 aliphatic carbocycles. The Hall–Kier alpha value is -3.42. The number of carbonyl (C=O) groups excluding carboxylic acids is 2. The number of primary amides is 1. The second-order valence-electron chi connectivity index (χ2n) is 8.06. The number of nitrogens with one attached hydrogen (secondary N) is 1. The summed E-state index contributed by atoms with van der Waals surface area (Å²) >= 11 is 0. The highest BCUT2D eigenvalue weighted by atomic mass is 19.1. The first-order valence-electron chi connectivity index (χ1n) is 9.57. The zero-order valence-electron chi connectivity index (χ0n) is 17.7. The Balaban J connectivity index is 2.06. The molecule has 7 nitrogen and oxygen atoms in total. The number of rotatable bonds is 6. The summed E-state index contributed by atoms with van der Waals surface area (Å²) in [4.78, 5) is 25.5. The topological polar surface area (TPSA) is 92.7 Å². The minimum atomic E-state index is -1.51. The van der Waals surface area contributed by atoms with Gasteiger partial charge in [-0.2, -0.15) is 5.10 Å². The second kappa shape index (κ2) is 7.78. The summed E-state index contributed by atoms with van der Waals surface area (Å²) in [5, 5.41) is 7.36. The third-order valence-corrected chi connectivity index (χ3v) is 5.16. The van der Waals surface area contributed by atoms with Crippen LogP contribution in [0.25, 0.3) is 16.6 Å².